The van der Waals surface area contributed by atoms with Crippen LogP contribution in [0.2, 0.25) is 0 Å². The smallest absolute Gasteiger partial charge is 0.255 e. The minimum absolute atomic E-state index is 0.155. The number of imide groups is 1. The summed E-state index contributed by atoms with van der Waals surface area (Å²) in [6, 6.07) is 9.55. The molecule has 1 unspecified atom stereocenters. The lowest BCUT2D eigenvalue weighted by atomic mass is 10.0. The van der Waals surface area contributed by atoms with Gasteiger partial charge in [-0.15, -0.1) is 0 Å². The molecule has 0 radical (unpaired) electrons. The molecule has 0 aliphatic carbocycles. The Hall–Kier alpha value is -3.52. The molecule has 174 valence electrons. The van der Waals surface area contributed by atoms with E-state index in [0.717, 1.165) is 48.6 Å². The second-order valence-electron chi connectivity index (χ2n) is 9.41. The van der Waals surface area contributed by atoms with Crippen LogP contribution in [-0.2, 0) is 29.2 Å². The number of hydrogen-bond donors (Lipinski definition) is 1. The monoisotopic (exact) mass is 457 g/mol. The molecule has 1 N–H and O–H groups in total. The SMILES string of the molecule is CCn1ccc2c(CN3CCC3)cc(-c3ccc4c(c3)CN(C3CCC(=O)NC3=O)C4=O)nc21. The van der Waals surface area contributed by atoms with Crippen LogP contribution >= 0.6 is 0 Å². The van der Waals surface area contributed by atoms with Crippen LogP contribution in [-0.4, -0.2) is 56.2 Å². The van der Waals surface area contributed by atoms with Crippen LogP contribution in [0.3, 0.4) is 0 Å². The third-order valence-corrected chi connectivity index (χ3v) is 7.32. The Labute approximate surface area is 197 Å². The Kier molecular flexibility index (Phi) is 4.99. The van der Waals surface area contributed by atoms with Gasteiger partial charge >= 0.3 is 0 Å². The minimum Gasteiger partial charge on any atom is -0.333 e. The predicted octanol–water partition coefficient (Wildman–Crippen LogP) is 2.69. The first-order chi connectivity index (χ1) is 16.5. The van der Waals surface area contributed by atoms with E-state index < -0.39 is 6.04 Å². The molecule has 3 aromatic rings. The Morgan fingerprint density at radius 3 is 2.71 bits per heavy atom. The van der Waals surface area contributed by atoms with Crippen molar-refractivity contribution >= 4 is 28.8 Å². The van der Waals surface area contributed by atoms with Crippen LogP contribution in [0.1, 0.15) is 47.7 Å². The highest BCUT2D eigenvalue weighted by Gasteiger charge is 2.39. The molecule has 8 heteroatoms. The topological polar surface area (TPSA) is 87.5 Å². The van der Waals surface area contributed by atoms with Gasteiger partial charge in [0, 0.05) is 48.8 Å². The number of likely N-dealkylation sites (tertiary alicyclic amines) is 1. The zero-order valence-corrected chi connectivity index (χ0v) is 19.2. The lowest BCUT2D eigenvalue weighted by molar-refractivity contribution is -0.136. The maximum atomic E-state index is 13.0. The summed E-state index contributed by atoms with van der Waals surface area (Å²) in [7, 11) is 0. The first-order valence-electron chi connectivity index (χ1n) is 12.0. The predicted molar refractivity (Wildman–Crippen MR) is 127 cm³/mol. The molecule has 5 heterocycles. The molecule has 1 aromatic carbocycles. The summed E-state index contributed by atoms with van der Waals surface area (Å²) in [5, 5.41) is 3.55. The van der Waals surface area contributed by atoms with Crippen molar-refractivity contribution in [1.82, 2.24) is 24.7 Å². The summed E-state index contributed by atoms with van der Waals surface area (Å²) in [6.07, 6.45) is 3.96. The first-order valence-corrected chi connectivity index (χ1v) is 12.0. The standard InChI is InChI=1S/C26H27N5O3/c1-2-30-11-8-19-18(14-29-9-3-10-29)13-21(27-24(19)30)16-4-5-20-17(12-16)15-31(26(20)34)22-6-7-23(32)28-25(22)33/h4-5,8,11-13,22H,2-3,6-7,9-10,14-15H2,1H3,(H,28,32,33). The number of pyridine rings is 1. The Morgan fingerprint density at radius 1 is 1.12 bits per heavy atom. The van der Waals surface area contributed by atoms with Crippen molar-refractivity contribution in [3.63, 3.8) is 0 Å². The van der Waals surface area contributed by atoms with Crippen LogP contribution in [0.15, 0.2) is 36.5 Å². The van der Waals surface area contributed by atoms with Crippen molar-refractivity contribution in [1.29, 1.82) is 0 Å². The number of amides is 3. The van der Waals surface area contributed by atoms with Gasteiger partial charge in [-0.1, -0.05) is 6.07 Å². The number of carbonyl (C=O) groups is 3. The van der Waals surface area contributed by atoms with Gasteiger partial charge in [0.1, 0.15) is 11.7 Å². The van der Waals surface area contributed by atoms with E-state index >= 15 is 0 Å². The molecule has 3 aliphatic rings. The summed E-state index contributed by atoms with van der Waals surface area (Å²) in [4.78, 5) is 46.0. The number of rotatable bonds is 5. The van der Waals surface area contributed by atoms with Crippen LogP contribution in [0.4, 0.5) is 0 Å². The molecule has 2 aromatic heterocycles. The number of aromatic nitrogens is 2. The average Bonchev–Trinajstić information content (AvgIpc) is 3.36. The average molecular weight is 458 g/mol. The zero-order chi connectivity index (χ0) is 23.4. The molecule has 2 saturated heterocycles. The zero-order valence-electron chi connectivity index (χ0n) is 19.2. The van der Waals surface area contributed by atoms with Gasteiger partial charge in [0.2, 0.25) is 11.8 Å². The van der Waals surface area contributed by atoms with Crippen molar-refractivity contribution in [3.05, 3.63) is 53.2 Å². The van der Waals surface area contributed by atoms with Gasteiger partial charge in [0.05, 0.1) is 5.69 Å². The van der Waals surface area contributed by atoms with Crippen molar-refractivity contribution in [3.8, 4) is 11.3 Å². The molecule has 8 nitrogen and oxygen atoms in total. The number of piperidine rings is 1. The lowest BCUT2D eigenvalue weighted by Gasteiger charge is -2.31. The second-order valence-corrected chi connectivity index (χ2v) is 9.41. The van der Waals surface area contributed by atoms with Crippen molar-refractivity contribution in [2.45, 2.75) is 51.9 Å². The number of nitrogens with zero attached hydrogens (tertiary/aromatic N) is 4. The van der Waals surface area contributed by atoms with E-state index in [2.05, 4.69) is 40.0 Å². The minimum atomic E-state index is -0.605. The van der Waals surface area contributed by atoms with E-state index in [-0.39, 0.29) is 24.1 Å². The van der Waals surface area contributed by atoms with Gasteiger partial charge in [-0.2, -0.15) is 0 Å². The van der Waals surface area contributed by atoms with Gasteiger partial charge < -0.3 is 9.47 Å². The van der Waals surface area contributed by atoms with Crippen LogP contribution in [0, 0.1) is 0 Å². The molecule has 0 spiro atoms. The van der Waals surface area contributed by atoms with Gasteiger partial charge in [0.15, 0.2) is 0 Å². The fourth-order valence-electron chi connectivity index (χ4n) is 5.28. The maximum Gasteiger partial charge on any atom is 0.255 e. The largest absolute Gasteiger partial charge is 0.333 e. The molecule has 2 fully saturated rings. The second kappa shape index (κ2) is 8.06. The maximum absolute atomic E-state index is 13.0. The van der Waals surface area contributed by atoms with Gasteiger partial charge in [-0.3, -0.25) is 24.6 Å². The van der Waals surface area contributed by atoms with E-state index in [9.17, 15) is 14.4 Å². The summed E-state index contributed by atoms with van der Waals surface area (Å²) in [6.45, 7) is 6.50. The van der Waals surface area contributed by atoms with Gasteiger partial charge in [-0.25, -0.2) is 4.98 Å². The Morgan fingerprint density at radius 2 is 1.97 bits per heavy atom. The van der Waals surface area contributed by atoms with E-state index in [1.165, 1.54) is 17.4 Å². The van der Waals surface area contributed by atoms with Crippen molar-refractivity contribution in [2.75, 3.05) is 13.1 Å². The number of nitrogens with one attached hydrogen (secondary N) is 1. The Bertz CT molecular complexity index is 1340. The highest BCUT2D eigenvalue weighted by molar-refractivity contribution is 6.05. The fourth-order valence-corrected chi connectivity index (χ4v) is 5.28. The van der Waals surface area contributed by atoms with Crippen LogP contribution in [0.5, 0.6) is 0 Å². The number of hydrogen-bond acceptors (Lipinski definition) is 5. The molecule has 6 rings (SSSR count). The third kappa shape index (κ3) is 3.40. The highest BCUT2D eigenvalue weighted by Crippen LogP contribution is 2.33. The van der Waals surface area contributed by atoms with Crippen molar-refractivity contribution in [2.24, 2.45) is 0 Å². The molecular formula is C26H27N5O3. The van der Waals surface area contributed by atoms with Gasteiger partial charge in [0.25, 0.3) is 5.91 Å². The quantitative estimate of drug-likeness (QED) is 0.596. The number of aryl methyl sites for hydroxylation is 1. The normalized spacial score (nSPS) is 20.6. The lowest BCUT2D eigenvalue weighted by Crippen LogP contribution is -2.52. The molecule has 1 atom stereocenters. The van der Waals surface area contributed by atoms with Crippen molar-refractivity contribution < 1.29 is 14.4 Å². The molecule has 3 amide bonds. The van der Waals surface area contributed by atoms with Crippen LogP contribution < -0.4 is 5.32 Å². The molecular weight excluding hydrogens is 430 g/mol. The summed E-state index contributed by atoms with van der Waals surface area (Å²) >= 11 is 0. The van der Waals surface area contributed by atoms with E-state index in [0.29, 0.717) is 18.5 Å². The fraction of sp³-hybridized carbons (Fsp3) is 0.385. The summed E-state index contributed by atoms with van der Waals surface area (Å²) < 4.78 is 2.17. The molecule has 0 bridgehead atoms. The van der Waals surface area contributed by atoms with Crippen LogP contribution in [0.25, 0.3) is 22.3 Å². The number of fused-ring (bicyclic) bond motifs is 2. The van der Waals surface area contributed by atoms with E-state index in [1.807, 2.05) is 18.2 Å². The van der Waals surface area contributed by atoms with Gasteiger partial charge in [-0.05, 0) is 68.2 Å². The Balaban J connectivity index is 1.35. The van der Waals surface area contributed by atoms with E-state index in [4.69, 9.17) is 4.98 Å². The summed E-state index contributed by atoms with van der Waals surface area (Å²) in [5.74, 6) is -0.821. The molecule has 3 aliphatic heterocycles. The number of benzene rings is 1. The van der Waals surface area contributed by atoms with E-state index in [1.54, 1.807) is 4.90 Å². The third-order valence-electron chi connectivity index (χ3n) is 7.32. The summed E-state index contributed by atoms with van der Waals surface area (Å²) in [5.41, 5.74) is 5.63. The highest BCUT2D eigenvalue weighted by atomic mass is 16.2. The molecule has 0 saturated carbocycles. The molecule has 34 heavy (non-hydrogen) atoms. The number of carbonyl (C=O) groups excluding carboxylic acids is 3. The first kappa shape index (κ1) is 21.0.